The van der Waals surface area contributed by atoms with Crippen LogP contribution in [0, 0.1) is 13.8 Å². The summed E-state index contributed by atoms with van der Waals surface area (Å²) in [5, 5.41) is 0.684. The minimum atomic E-state index is -3.70. The highest BCUT2D eigenvalue weighted by Gasteiger charge is 2.44. The second-order valence-electron chi connectivity index (χ2n) is 5.77. The Morgan fingerprint density at radius 3 is 2.52 bits per heavy atom. The van der Waals surface area contributed by atoms with Crippen molar-refractivity contribution in [2.24, 2.45) is 0 Å². The fraction of sp³-hybridized carbons (Fsp3) is 0.615. The predicted octanol–water partition coefficient (Wildman–Crippen LogP) is -0.567. The Balaban J connectivity index is 1.90. The summed E-state index contributed by atoms with van der Waals surface area (Å²) in [6.07, 6.45) is 0. The molecule has 1 aromatic rings. The van der Waals surface area contributed by atoms with Crippen molar-refractivity contribution in [3.05, 3.63) is 10.7 Å². The van der Waals surface area contributed by atoms with Crippen LogP contribution in [0.1, 0.15) is 10.7 Å². The van der Waals surface area contributed by atoms with Crippen LogP contribution in [0.25, 0.3) is 0 Å². The molecule has 1 atom stereocenters. The molecule has 1 aromatic heterocycles. The number of piperazine rings is 2. The van der Waals surface area contributed by atoms with Gasteiger partial charge in [0.2, 0.25) is 11.8 Å². The van der Waals surface area contributed by atoms with E-state index in [9.17, 15) is 18.0 Å². The Labute approximate surface area is 138 Å². The van der Waals surface area contributed by atoms with Crippen molar-refractivity contribution in [1.82, 2.24) is 19.1 Å². The molecule has 126 valence electrons. The summed E-state index contributed by atoms with van der Waals surface area (Å²) in [7, 11) is -2.14. The maximum Gasteiger partial charge on any atom is 0.254 e. The molecule has 8 nitrogen and oxygen atoms in total. The molecule has 2 saturated heterocycles. The van der Waals surface area contributed by atoms with Crippen molar-refractivity contribution in [3.63, 3.8) is 0 Å². The summed E-state index contributed by atoms with van der Waals surface area (Å²) in [6, 6.07) is -0.737. The van der Waals surface area contributed by atoms with Crippen molar-refractivity contribution in [3.8, 4) is 0 Å². The molecule has 3 rings (SSSR count). The first-order chi connectivity index (χ1) is 10.7. The third kappa shape index (κ3) is 2.64. The molecule has 2 amide bonds. The quantitative estimate of drug-likeness (QED) is 0.706. The van der Waals surface area contributed by atoms with Gasteiger partial charge in [0.1, 0.15) is 6.04 Å². The molecular weight excluding hydrogens is 340 g/mol. The highest BCUT2D eigenvalue weighted by molar-refractivity contribution is 7.91. The van der Waals surface area contributed by atoms with E-state index in [-0.39, 0.29) is 42.2 Å². The van der Waals surface area contributed by atoms with Crippen molar-refractivity contribution in [2.45, 2.75) is 24.1 Å². The highest BCUT2D eigenvalue weighted by atomic mass is 32.2. The molecule has 23 heavy (non-hydrogen) atoms. The molecule has 0 radical (unpaired) electrons. The van der Waals surface area contributed by atoms with E-state index in [1.54, 1.807) is 20.9 Å². The van der Waals surface area contributed by atoms with Crippen LogP contribution in [-0.2, 0) is 19.6 Å². The van der Waals surface area contributed by atoms with Gasteiger partial charge in [-0.1, -0.05) is 0 Å². The Hall–Kier alpha value is -1.52. The number of nitrogens with zero attached hydrogens (tertiary/aromatic N) is 4. The zero-order chi connectivity index (χ0) is 16.9. The number of aryl methyl sites for hydroxylation is 2. The van der Waals surface area contributed by atoms with Crippen LogP contribution in [0.4, 0.5) is 0 Å². The maximum atomic E-state index is 12.8. The lowest BCUT2D eigenvalue weighted by Gasteiger charge is -2.44. The number of likely N-dealkylation sites (N-methyl/N-ethyl adjacent to an activating group) is 1. The molecule has 2 fully saturated rings. The Morgan fingerprint density at radius 1 is 1.22 bits per heavy atom. The third-order valence-electron chi connectivity index (χ3n) is 4.13. The van der Waals surface area contributed by atoms with Gasteiger partial charge in [0.15, 0.2) is 4.21 Å². The molecule has 2 aliphatic heterocycles. The molecule has 0 aliphatic carbocycles. The first-order valence-electron chi connectivity index (χ1n) is 7.20. The summed E-state index contributed by atoms with van der Waals surface area (Å²) in [5.74, 6) is -0.360. The largest absolute Gasteiger partial charge is 0.335 e. The lowest BCUT2D eigenvalue weighted by molar-refractivity contribution is -0.156. The summed E-state index contributed by atoms with van der Waals surface area (Å²) in [6.45, 7) is 3.89. The molecule has 0 unspecified atom stereocenters. The second kappa shape index (κ2) is 5.53. The standard InChI is InChI=1S/C13H18N4O4S2/c1-8-13(22-9(2)14-8)23(20,21)16-4-5-17-10(6-16)12(19)15(3)7-11(17)18/h10H,4-7H2,1-3H3/t10-/m0/s1. The zero-order valence-electron chi connectivity index (χ0n) is 13.1. The number of aromatic nitrogens is 1. The van der Waals surface area contributed by atoms with Crippen LogP contribution >= 0.6 is 11.3 Å². The molecule has 0 N–H and O–H groups in total. The molecule has 0 bridgehead atoms. The van der Waals surface area contributed by atoms with E-state index in [1.807, 2.05) is 0 Å². The average molecular weight is 358 g/mol. The van der Waals surface area contributed by atoms with Crippen LogP contribution in [-0.4, -0.2) is 78.6 Å². The van der Waals surface area contributed by atoms with Gasteiger partial charge in [0.25, 0.3) is 10.0 Å². The SMILES string of the molecule is Cc1nc(C)c(S(=O)(=O)N2CCN3C(=O)CN(C)C(=O)[C@@H]3C2)s1. The van der Waals surface area contributed by atoms with Gasteiger partial charge < -0.3 is 9.80 Å². The summed E-state index contributed by atoms with van der Waals surface area (Å²) in [4.78, 5) is 31.3. The number of rotatable bonds is 2. The number of fused-ring (bicyclic) bond motifs is 1. The van der Waals surface area contributed by atoms with E-state index in [1.165, 1.54) is 14.1 Å². The lowest BCUT2D eigenvalue weighted by Crippen LogP contribution is -2.66. The molecule has 0 saturated carbocycles. The van der Waals surface area contributed by atoms with Crippen LogP contribution in [0.2, 0.25) is 0 Å². The van der Waals surface area contributed by atoms with E-state index in [4.69, 9.17) is 0 Å². The molecule has 2 aliphatic rings. The number of thiazole rings is 1. The van der Waals surface area contributed by atoms with Crippen molar-refractivity contribution >= 4 is 33.2 Å². The van der Waals surface area contributed by atoms with Gasteiger partial charge in [-0.2, -0.15) is 4.31 Å². The number of amides is 2. The smallest absolute Gasteiger partial charge is 0.254 e. The minimum absolute atomic E-state index is 0.00632. The van der Waals surface area contributed by atoms with E-state index in [2.05, 4.69) is 4.98 Å². The van der Waals surface area contributed by atoms with Crippen LogP contribution < -0.4 is 0 Å². The molecule has 3 heterocycles. The number of carbonyl (C=O) groups is 2. The maximum absolute atomic E-state index is 12.8. The first kappa shape index (κ1) is 16.3. The summed E-state index contributed by atoms with van der Waals surface area (Å²) in [5.41, 5.74) is 0.470. The second-order valence-corrected chi connectivity index (χ2v) is 9.10. The van der Waals surface area contributed by atoms with Gasteiger partial charge in [-0.05, 0) is 13.8 Å². The Morgan fingerprint density at radius 2 is 1.91 bits per heavy atom. The van der Waals surface area contributed by atoms with Crippen molar-refractivity contribution < 1.29 is 18.0 Å². The fourth-order valence-corrected chi connectivity index (χ4v) is 6.04. The van der Waals surface area contributed by atoms with Gasteiger partial charge in [0, 0.05) is 26.7 Å². The highest BCUT2D eigenvalue weighted by Crippen LogP contribution is 2.28. The van der Waals surface area contributed by atoms with Gasteiger partial charge in [-0.3, -0.25) is 9.59 Å². The lowest BCUT2D eigenvalue weighted by atomic mass is 10.1. The fourth-order valence-electron chi connectivity index (χ4n) is 2.98. The minimum Gasteiger partial charge on any atom is -0.335 e. The molecule has 0 spiro atoms. The zero-order valence-corrected chi connectivity index (χ0v) is 14.8. The molecular formula is C13H18N4O4S2. The van der Waals surface area contributed by atoms with Gasteiger partial charge in [0.05, 0.1) is 17.2 Å². The predicted molar refractivity (Wildman–Crippen MR) is 83.5 cm³/mol. The van der Waals surface area contributed by atoms with Gasteiger partial charge >= 0.3 is 0 Å². The Kier molecular flexibility index (Phi) is 3.93. The summed E-state index contributed by atoms with van der Waals surface area (Å²) < 4.78 is 27.2. The van der Waals surface area contributed by atoms with E-state index < -0.39 is 16.1 Å². The molecule has 10 heteroatoms. The monoisotopic (exact) mass is 358 g/mol. The first-order valence-corrected chi connectivity index (χ1v) is 9.46. The number of hydrogen-bond acceptors (Lipinski definition) is 6. The van der Waals surface area contributed by atoms with Crippen LogP contribution in [0.15, 0.2) is 4.21 Å². The van der Waals surface area contributed by atoms with Gasteiger partial charge in [-0.15, -0.1) is 11.3 Å². The number of hydrogen-bond donors (Lipinski definition) is 0. The normalized spacial score (nSPS) is 23.3. The van der Waals surface area contributed by atoms with E-state index >= 15 is 0 Å². The summed E-state index contributed by atoms with van der Waals surface area (Å²) >= 11 is 1.13. The van der Waals surface area contributed by atoms with Crippen LogP contribution in [0.3, 0.4) is 0 Å². The molecule has 0 aromatic carbocycles. The van der Waals surface area contributed by atoms with Gasteiger partial charge in [-0.25, -0.2) is 13.4 Å². The van der Waals surface area contributed by atoms with Crippen LogP contribution in [0.5, 0.6) is 0 Å². The van der Waals surface area contributed by atoms with Crippen molar-refractivity contribution in [1.29, 1.82) is 0 Å². The van der Waals surface area contributed by atoms with E-state index in [0.717, 1.165) is 11.3 Å². The third-order valence-corrected chi connectivity index (χ3v) is 7.66. The van der Waals surface area contributed by atoms with E-state index in [0.29, 0.717) is 10.7 Å². The topological polar surface area (TPSA) is 90.9 Å². The Bertz CT molecular complexity index is 773. The number of carbonyl (C=O) groups excluding carboxylic acids is 2. The average Bonchev–Trinajstić information content (AvgIpc) is 2.84. The number of sulfonamides is 1. The van der Waals surface area contributed by atoms with Crippen molar-refractivity contribution in [2.75, 3.05) is 33.2 Å².